The molecule has 0 aliphatic carbocycles. The highest BCUT2D eigenvalue weighted by atomic mass is 16.6. The van der Waals surface area contributed by atoms with Gasteiger partial charge in [0.05, 0.1) is 12.2 Å². The molecule has 0 saturated carbocycles. The molecule has 1 saturated heterocycles. The van der Waals surface area contributed by atoms with Gasteiger partial charge in [-0.2, -0.15) is 0 Å². The van der Waals surface area contributed by atoms with Crippen molar-refractivity contribution in [1.29, 1.82) is 0 Å². The van der Waals surface area contributed by atoms with Gasteiger partial charge in [-0.15, -0.1) is 0 Å². The normalized spacial score (nSPS) is 15.2. The van der Waals surface area contributed by atoms with Crippen molar-refractivity contribution in [2.75, 3.05) is 13.2 Å². The molecule has 2 aromatic carbocycles. The monoisotopic (exact) mass is 352 g/mol. The van der Waals surface area contributed by atoms with Gasteiger partial charge < -0.3 is 14.2 Å². The largest absolute Gasteiger partial charge is 0.463 e. The minimum Gasteiger partial charge on any atom is -0.463 e. The maximum absolute atomic E-state index is 12.4. The van der Waals surface area contributed by atoms with Crippen molar-refractivity contribution in [3.8, 4) is 5.75 Å². The number of aryl methyl sites for hydroxylation is 1. The summed E-state index contributed by atoms with van der Waals surface area (Å²) in [6.45, 7) is 4.69. The van der Waals surface area contributed by atoms with E-state index in [0.717, 1.165) is 11.1 Å². The first-order chi connectivity index (χ1) is 12.7. The summed E-state index contributed by atoms with van der Waals surface area (Å²) in [6, 6.07) is 14.3. The van der Waals surface area contributed by atoms with Crippen LogP contribution in [0.3, 0.4) is 0 Å². The zero-order valence-corrected chi connectivity index (χ0v) is 14.4. The van der Waals surface area contributed by atoms with Crippen LogP contribution < -0.4 is 4.74 Å². The van der Waals surface area contributed by atoms with Gasteiger partial charge in [0.1, 0.15) is 18.5 Å². The van der Waals surface area contributed by atoms with E-state index in [1.807, 2.05) is 12.1 Å². The van der Waals surface area contributed by atoms with Gasteiger partial charge in [-0.1, -0.05) is 43.0 Å². The average Bonchev–Trinajstić information content (AvgIpc) is 3.49. The molecule has 1 unspecified atom stereocenters. The van der Waals surface area contributed by atoms with E-state index in [9.17, 15) is 9.59 Å². The van der Waals surface area contributed by atoms with E-state index in [1.54, 1.807) is 42.5 Å². The lowest BCUT2D eigenvalue weighted by Gasteiger charge is -2.08. The molecule has 3 rings (SSSR count). The number of hydrogen-bond acceptors (Lipinski definition) is 5. The molecule has 1 aliphatic heterocycles. The molecule has 0 N–H and O–H groups in total. The smallest absolute Gasteiger partial charge is 0.344 e. The van der Waals surface area contributed by atoms with Crippen LogP contribution in [-0.4, -0.2) is 31.3 Å². The van der Waals surface area contributed by atoms with Crippen molar-refractivity contribution in [3.05, 3.63) is 71.8 Å². The van der Waals surface area contributed by atoms with Crippen LogP contribution in [0.4, 0.5) is 0 Å². The summed E-state index contributed by atoms with van der Waals surface area (Å²) in [5.41, 5.74) is 2.07. The van der Waals surface area contributed by atoms with Gasteiger partial charge in [-0.3, -0.25) is 4.79 Å². The highest BCUT2D eigenvalue weighted by Crippen LogP contribution is 2.18. The predicted molar refractivity (Wildman–Crippen MR) is 97.0 cm³/mol. The van der Waals surface area contributed by atoms with Gasteiger partial charge in [-0.25, -0.2) is 4.79 Å². The fourth-order valence-corrected chi connectivity index (χ4v) is 2.46. The molecule has 0 bridgehead atoms. The maximum Gasteiger partial charge on any atom is 0.344 e. The lowest BCUT2D eigenvalue weighted by molar-refractivity contribution is -0.144. The molecule has 1 fully saturated rings. The van der Waals surface area contributed by atoms with Crippen molar-refractivity contribution < 1.29 is 23.8 Å². The van der Waals surface area contributed by atoms with E-state index in [0.29, 0.717) is 30.9 Å². The minimum atomic E-state index is -0.443. The third kappa shape index (κ3) is 5.04. The number of ether oxygens (including phenoxy) is 3. The maximum atomic E-state index is 12.4. The zero-order valence-electron chi connectivity index (χ0n) is 14.4. The van der Waals surface area contributed by atoms with E-state index in [1.165, 1.54) is 0 Å². The van der Waals surface area contributed by atoms with Crippen LogP contribution in [0.5, 0.6) is 5.75 Å². The van der Waals surface area contributed by atoms with Crippen LogP contribution >= 0.6 is 0 Å². The molecule has 134 valence electrons. The SMILES string of the molecule is C=Cc1ccccc1C(=O)Oc1cccc(CCC(=O)OCC2CO2)c1. The molecule has 26 heavy (non-hydrogen) atoms. The zero-order chi connectivity index (χ0) is 18.4. The molecular formula is C21H20O5. The van der Waals surface area contributed by atoms with Gasteiger partial charge in [0.15, 0.2) is 0 Å². The Balaban J connectivity index is 1.57. The lowest BCUT2D eigenvalue weighted by atomic mass is 10.1. The quantitative estimate of drug-likeness (QED) is 0.414. The Morgan fingerprint density at radius 3 is 2.77 bits per heavy atom. The van der Waals surface area contributed by atoms with E-state index < -0.39 is 5.97 Å². The number of epoxide rings is 1. The van der Waals surface area contributed by atoms with E-state index in [2.05, 4.69) is 6.58 Å². The van der Waals surface area contributed by atoms with Crippen molar-refractivity contribution in [3.63, 3.8) is 0 Å². The minimum absolute atomic E-state index is 0.0696. The average molecular weight is 352 g/mol. The van der Waals surface area contributed by atoms with Crippen molar-refractivity contribution in [1.82, 2.24) is 0 Å². The topological polar surface area (TPSA) is 65.1 Å². The summed E-state index contributed by atoms with van der Waals surface area (Å²) >= 11 is 0. The number of carbonyl (C=O) groups excluding carboxylic acids is 2. The first-order valence-corrected chi connectivity index (χ1v) is 8.45. The van der Waals surface area contributed by atoms with Gasteiger partial charge in [0.25, 0.3) is 0 Å². The van der Waals surface area contributed by atoms with Crippen LogP contribution in [0.15, 0.2) is 55.1 Å². The Labute approximate surface area is 152 Å². The standard InChI is InChI=1S/C21H20O5/c1-2-16-7-3-4-9-19(16)21(23)26-17-8-5-6-15(12-17)10-11-20(22)25-14-18-13-24-18/h2-9,12,18H,1,10-11,13-14H2. The summed E-state index contributed by atoms with van der Waals surface area (Å²) in [7, 11) is 0. The summed E-state index contributed by atoms with van der Waals surface area (Å²) < 4.78 is 15.6. The first kappa shape index (κ1) is 17.9. The highest BCUT2D eigenvalue weighted by molar-refractivity contribution is 5.94. The molecule has 5 heteroatoms. The number of rotatable bonds is 8. The first-order valence-electron chi connectivity index (χ1n) is 8.45. The molecule has 5 nitrogen and oxygen atoms in total. The van der Waals surface area contributed by atoms with Crippen LogP contribution in [0.25, 0.3) is 6.08 Å². The van der Waals surface area contributed by atoms with E-state index in [-0.39, 0.29) is 18.5 Å². The van der Waals surface area contributed by atoms with Crippen molar-refractivity contribution >= 4 is 18.0 Å². The number of hydrogen-bond donors (Lipinski definition) is 0. The Kier molecular flexibility index (Phi) is 5.81. The molecule has 0 aromatic heterocycles. The lowest BCUT2D eigenvalue weighted by Crippen LogP contribution is -2.11. The third-order valence-electron chi connectivity index (χ3n) is 3.96. The third-order valence-corrected chi connectivity index (χ3v) is 3.96. The summed E-state index contributed by atoms with van der Waals surface area (Å²) in [5, 5.41) is 0. The Bertz CT molecular complexity index is 808. The molecular weight excluding hydrogens is 332 g/mol. The van der Waals surface area contributed by atoms with Gasteiger partial charge in [0, 0.05) is 6.42 Å². The molecule has 2 aromatic rings. The van der Waals surface area contributed by atoms with Gasteiger partial charge >= 0.3 is 11.9 Å². The highest BCUT2D eigenvalue weighted by Gasteiger charge is 2.24. The number of carbonyl (C=O) groups is 2. The summed E-state index contributed by atoms with van der Waals surface area (Å²) in [5.74, 6) is -0.268. The Morgan fingerprint density at radius 2 is 2.00 bits per heavy atom. The van der Waals surface area contributed by atoms with Crippen molar-refractivity contribution in [2.45, 2.75) is 18.9 Å². The molecule has 1 heterocycles. The fourth-order valence-electron chi connectivity index (χ4n) is 2.46. The molecule has 0 radical (unpaired) electrons. The second-order valence-corrected chi connectivity index (χ2v) is 5.97. The van der Waals surface area contributed by atoms with Crippen LogP contribution in [0.2, 0.25) is 0 Å². The molecule has 0 amide bonds. The van der Waals surface area contributed by atoms with E-state index >= 15 is 0 Å². The second-order valence-electron chi connectivity index (χ2n) is 5.97. The van der Waals surface area contributed by atoms with Gasteiger partial charge in [-0.05, 0) is 35.7 Å². The fraction of sp³-hybridized carbons (Fsp3) is 0.238. The van der Waals surface area contributed by atoms with E-state index in [4.69, 9.17) is 14.2 Å². The summed E-state index contributed by atoms with van der Waals surface area (Å²) in [4.78, 5) is 24.1. The van der Waals surface area contributed by atoms with Crippen LogP contribution in [0.1, 0.15) is 27.9 Å². The van der Waals surface area contributed by atoms with Crippen molar-refractivity contribution in [2.24, 2.45) is 0 Å². The molecule has 1 aliphatic rings. The number of esters is 2. The summed E-state index contributed by atoms with van der Waals surface area (Å²) in [6.07, 6.45) is 2.47. The van der Waals surface area contributed by atoms with Crippen LogP contribution in [-0.2, 0) is 20.7 Å². The predicted octanol–water partition coefficient (Wildman–Crippen LogP) is 3.42. The van der Waals surface area contributed by atoms with Gasteiger partial charge in [0.2, 0.25) is 0 Å². The Morgan fingerprint density at radius 1 is 1.19 bits per heavy atom. The second kappa shape index (κ2) is 8.45. The molecule has 0 spiro atoms. The number of benzene rings is 2. The van der Waals surface area contributed by atoms with Crippen LogP contribution in [0, 0.1) is 0 Å². The Hall–Kier alpha value is -2.92. The molecule has 1 atom stereocenters.